The molecule has 1 fully saturated rings. The van der Waals surface area contributed by atoms with E-state index >= 15 is 0 Å². The maximum absolute atomic E-state index is 13.6. The Balaban J connectivity index is 1.66. The molecule has 0 spiro atoms. The summed E-state index contributed by atoms with van der Waals surface area (Å²) in [6.07, 6.45) is 1.44. The Hall–Kier alpha value is -3.41. The van der Waals surface area contributed by atoms with Crippen LogP contribution >= 0.6 is 0 Å². The highest BCUT2D eigenvalue weighted by Gasteiger charge is 2.36. The normalized spacial score (nSPS) is 18.7. The quantitative estimate of drug-likeness (QED) is 0.824. The van der Waals surface area contributed by atoms with E-state index in [0.717, 1.165) is 6.07 Å². The maximum atomic E-state index is 13.6. The first-order valence-corrected chi connectivity index (χ1v) is 9.53. The first-order chi connectivity index (χ1) is 14.1. The average molecular weight is 414 g/mol. The number of hydrogen-bond acceptors (Lipinski definition) is 6. The molecular formula is C21H23FN4O4. The minimum absolute atomic E-state index is 0.0954. The predicted octanol–water partition coefficient (Wildman–Crippen LogP) is 3.48. The molecule has 0 aliphatic carbocycles. The summed E-state index contributed by atoms with van der Waals surface area (Å²) in [7, 11) is 0. The predicted molar refractivity (Wildman–Crippen MR) is 105 cm³/mol. The Bertz CT molecular complexity index is 1010. The molecule has 3 rings (SSSR count). The maximum Gasteiger partial charge on any atom is 0.410 e. The SMILES string of the molecule is C[C@@H]1C[C@@H](NC(=O)c2ncc(-c3cc(F)cc(C#N)c3)o2)CN1C(=O)OC(C)(C)C. The molecule has 2 amide bonds. The molecule has 2 atom stereocenters. The number of nitrogens with one attached hydrogen (secondary N) is 1. The third-order valence-electron chi connectivity index (χ3n) is 4.55. The van der Waals surface area contributed by atoms with Gasteiger partial charge in [0.25, 0.3) is 5.89 Å². The molecule has 1 N–H and O–H groups in total. The van der Waals surface area contributed by atoms with Gasteiger partial charge in [0, 0.05) is 24.2 Å². The number of rotatable bonds is 3. The van der Waals surface area contributed by atoms with Gasteiger partial charge in [0.15, 0.2) is 5.76 Å². The van der Waals surface area contributed by atoms with Crippen molar-refractivity contribution < 1.29 is 23.1 Å². The van der Waals surface area contributed by atoms with Crippen molar-refractivity contribution in [3.8, 4) is 17.4 Å². The first-order valence-electron chi connectivity index (χ1n) is 9.53. The lowest BCUT2D eigenvalue weighted by atomic mass is 10.1. The summed E-state index contributed by atoms with van der Waals surface area (Å²) < 4.78 is 24.5. The molecule has 1 aromatic heterocycles. The molecule has 30 heavy (non-hydrogen) atoms. The number of aromatic nitrogens is 1. The van der Waals surface area contributed by atoms with Crippen LogP contribution in [0.2, 0.25) is 0 Å². The summed E-state index contributed by atoms with van der Waals surface area (Å²) in [4.78, 5) is 30.4. The standard InChI is InChI=1S/C21H23FN4O4/c1-12-5-16(11-26(12)20(28)30-21(2,3)4)25-18(27)19-24-10-17(29-19)14-6-13(9-23)7-15(22)8-14/h6-8,10,12,16H,5,11H2,1-4H3,(H,25,27)/t12-,16-/m1/s1. The second-order valence-electron chi connectivity index (χ2n) is 8.26. The Morgan fingerprint density at radius 2 is 2.10 bits per heavy atom. The highest BCUT2D eigenvalue weighted by atomic mass is 19.1. The lowest BCUT2D eigenvalue weighted by Crippen LogP contribution is -2.41. The third-order valence-corrected chi connectivity index (χ3v) is 4.55. The number of benzene rings is 1. The molecule has 2 aromatic rings. The second-order valence-corrected chi connectivity index (χ2v) is 8.26. The number of oxazole rings is 1. The zero-order valence-electron chi connectivity index (χ0n) is 17.2. The molecule has 1 aromatic carbocycles. The van der Waals surface area contributed by atoms with E-state index < -0.39 is 23.4 Å². The van der Waals surface area contributed by atoms with Crippen molar-refractivity contribution in [1.82, 2.24) is 15.2 Å². The number of hydrogen-bond donors (Lipinski definition) is 1. The molecule has 9 heteroatoms. The number of carbonyl (C=O) groups excluding carboxylic acids is 2. The fourth-order valence-electron chi connectivity index (χ4n) is 3.27. The van der Waals surface area contributed by atoms with Crippen molar-refractivity contribution in [2.24, 2.45) is 0 Å². The van der Waals surface area contributed by atoms with Gasteiger partial charge < -0.3 is 19.4 Å². The van der Waals surface area contributed by atoms with Crippen molar-refractivity contribution in [2.45, 2.75) is 51.8 Å². The van der Waals surface area contributed by atoms with Gasteiger partial charge in [-0.25, -0.2) is 14.2 Å². The highest BCUT2D eigenvalue weighted by Crippen LogP contribution is 2.24. The Kier molecular flexibility index (Phi) is 5.78. The minimum Gasteiger partial charge on any atom is -0.444 e. The monoisotopic (exact) mass is 414 g/mol. The van der Waals surface area contributed by atoms with Gasteiger partial charge in [-0.2, -0.15) is 5.26 Å². The van der Waals surface area contributed by atoms with E-state index in [1.807, 2.05) is 13.0 Å². The summed E-state index contributed by atoms with van der Waals surface area (Å²) in [6.45, 7) is 7.58. The van der Waals surface area contributed by atoms with Crippen molar-refractivity contribution in [2.75, 3.05) is 6.54 Å². The van der Waals surface area contributed by atoms with Gasteiger partial charge in [-0.05, 0) is 52.3 Å². The molecule has 1 aliphatic heterocycles. The fourth-order valence-corrected chi connectivity index (χ4v) is 3.27. The van der Waals surface area contributed by atoms with Gasteiger partial charge in [-0.1, -0.05) is 0 Å². The van der Waals surface area contributed by atoms with Gasteiger partial charge in [-0.3, -0.25) is 4.79 Å². The number of nitrogens with zero attached hydrogens (tertiary/aromatic N) is 3. The topological polar surface area (TPSA) is 108 Å². The zero-order valence-corrected chi connectivity index (χ0v) is 17.2. The van der Waals surface area contributed by atoms with Gasteiger partial charge >= 0.3 is 12.0 Å². The number of likely N-dealkylation sites (tertiary alicyclic amines) is 1. The van der Waals surface area contributed by atoms with Gasteiger partial charge in [-0.15, -0.1) is 0 Å². The highest BCUT2D eigenvalue weighted by molar-refractivity contribution is 5.90. The van der Waals surface area contributed by atoms with Crippen LogP contribution in [0, 0.1) is 17.1 Å². The van der Waals surface area contributed by atoms with Crippen molar-refractivity contribution in [3.63, 3.8) is 0 Å². The summed E-state index contributed by atoms with van der Waals surface area (Å²) in [5.41, 5.74) is -0.159. The van der Waals surface area contributed by atoms with Gasteiger partial charge in [0.1, 0.15) is 11.4 Å². The van der Waals surface area contributed by atoms with Gasteiger partial charge in [0.05, 0.1) is 17.8 Å². The molecule has 1 aliphatic rings. The Labute approximate surface area is 173 Å². The van der Waals surface area contributed by atoms with Gasteiger partial charge in [0.2, 0.25) is 0 Å². The minimum atomic E-state index is -0.602. The smallest absolute Gasteiger partial charge is 0.410 e. The lowest BCUT2D eigenvalue weighted by molar-refractivity contribution is 0.0235. The van der Waals surface area contributed by atoms with Crippen molar-refractivity contribution in [3.05, 3.63) is 41.7 Å². The number of carbonyl (C=O) groups is 2. The Morgan fingerprint density at radius 1 is 1.37 bits per heavy atom. The van der Waals surface area contributed by atoms with Crippen LogP contribution in [0.15, 0.2) is 28.8 Å². The van der Waals surface area contributed by atoms with Crippen LogP contribution in [0.5, 0.6) is 0 Å². The third kappa shape index (κ3) is 4.95. The van der Waals surface area contributed by atoms with Crippen LogP contribution in [0.3, 0.4) is 0 Å². The molecule has 0 radical (unpaired) electrons. The molecule has 158 valence electrons. The van der Waals surface area contributed by atoms with Crippen LogP contribution in [0.25, 0.3) is 11.3 Å². The van der Waals surface area contributed by atoms with Crippen LogP contribution in [-0.4, -0.2) is 46.1 Å². The molecule has 2 heterocycles. The molecule has 0 unspecified atom stereocenters. The molecule has 8 nitrogen and oxygen atoms in total. The molecule has 1 saturated heterocycles. The molecule has 0 bridgehead atoms. The van der Waals surface area contributed by atoms with Crippen LogP contribution in [0.4, 0.5) is 9.18 Å². The summed E-state index contributed by atoms with van der Waals surface area (Å²) in [5.74, 6) is -1.14. The van der Waals surface area contributed by atoms with E-state index in [-0.39, 0.29) is 29.3 Å². The van der Waals surface area contributed by atoms with Crippen molar-refractivity contribution in [1.29, 1.82) is 5.26 Å². The number of ether oxygens (including phenoxy) is 1. The van der Waals surface area contributed by atoms with Crippen molar-refractivity contribution >= 4 is 12.0 Å². The van der Waals surface area contributed by atoms with E-state index in [2.05, 4.69) is 10.3 Å². The Morgan fingerprint density at radius 3 is 2.77 bits per heavy atom. The fraction of sp³-hybridized carbons (Fsp3) is 0.429. The number of halogens is 1. The summed E-state index contributed by atoms with van der Waals surface area (Å²) in [5, 5.41) is 11.8. The van der Waals surface area contributed by atoms with E-state index in [1.54, 1.807) is 25.7 Å². The number of nitriles is 1. The second kappa shape index (κ2) is 8.14. The van der Waals surface area contributed by atoms with Crippen LogP contribution in [0.1, 0.15) is 50.4 Å². The first kappa shape index (κ1) is 21.3. The molecular weight excluding hydrogens is 391 g/mol. The largest absolute Gasteiger partial charge is 0.444 e. The van der Waals surface area contributed by atoms with Crippen LogP contribution in [-0.2, 0) is 4.74 Å². The average Bonchev–Trinajstić information content (AvgIpc) is 3.26. The molecule has 0 saturated carbocycles. The van der Waals surface area contributed by atoms with E-state index in [9.17, 15) is 14.0 Å². The van der Waals surface area contributed by atoms with E-state index in [4.69, 9.17) is 14.4 Å². The van der Waals surface area contributed by atoms with E-state index in [0.29, 0.717) is 18.5 Å². The van der Waals surface area contributed by atoms with Crippen LogP contribution < -0.4 is 5.32 Å². The summed E-state index contributed by atoms with van der Waals surface area (Å²) >= 11 is 0. The number of amides is 2. The zero-order chi connectivity index (χ0) is 22.1. The lowest BCUT2D eigenvalue weighted by Gasteiger charge is -2.26. The van der Waals surface area contributed by atoms with E-state index in [1.165, 1.54) is 18.3 Å². The summed E-state index contributed by atoms with van der Waals surface area (Å²) in [6, 6.07) is 5.23.